The fourth-order valence-corrected chi connectivity index (χ4v) is 4.05. The number of rotatable bonds is 6. The highest BCUT2D eigenvalue weighted by Gasteiger charge is 2.46. The molecule has 1 saturated heterocycles. The minimum Gasteiger partial charge on any atom is -0.487 e. The number of aromatic nitrogens is 1. The van der Waals surface area contributed by atoms with Gasteiger partial charge in [-0.3, -0.25) is 14.6 Å². The fourth-order valence-electron chi connectivity index (χ4n) is 4.05. The fraction of sp³-hybridized carbons (Fsp3) is 0.381. The molecule has 152 valence electrons. The molecule has 3 N–H and O–H groups in total. The van der Waals surface area contributed by atoms with Gasteiger partial charge in [0, 0.05) is 29.6 Å². The van der Waals surface area contributed by atoms with Crippen LogP contribution in [0.2, 0.25) is 0 Å². The van der Waals surface area contributed by atoms with Gasteiger partial charge in [-0.2, -0.15) is 0 Å². The number of ether oxygens (including phenoxy) is 2. The zero-order valence-corrected chi connectivity index (χ0v) is 15.7. The van der Waals surface area contributed by atoms with Gasteiger partial charge in [0.15, 0.2) is 0 Å². The summed E-state index contributed by atoms with van der Waals surface area (Å²) in [5, 5.41) is 21.7. The van der Waals surface area contributed by atoms with Crippen LogP contribution < -0.4 is 10.1 Å². The number of carbonyl (C=O) groups excluding carboxylic acids is 1. The Kier molecular flexibility index (Phi) is 5.46. The number of fused-ring (bicyclic) bond motifs is 3. The summed E-state index contributed by atoms with van der Waals surface area (Å²) in [6, 6.07) is 9.00. The monoisotopic (exact) mass is 398 g/mol. The lowest BCUT2D eigenvalue weighted by Gasteiger charge is -2.36. The maximum Gasteiger partial charge on any atom is 0.305 e. The SMILES string of the molecule is O=C(O)C[C@@H]1C[C@H]2c3cc(NC(=O)Cc4ccncc4)ccc3O[C@H]2[C@H](CO)O1. The number of aliphatic carboxylic acids is 1. The summed E-state index contributed by atoms with van der Waals surface area (Å²) in [4.78, 5) is 27.4. The zero-order chi connectivity index (χ0) is 20.4. The average Bonchev–Trinajstić information content (AvgIpc) is 3.05. The largest absolute Gasteiger partial charge is 0.487 e. The van der Waals surface area contributed by atoms with E-state index in [0.717, 1.165) is 11.1 Å². The van der Waals surface area contributed by atoms with E-state index in [-0.39, 0.29) is 37.4 Å². The van der Waals surface area contributed by atoms with Gasteiger partial charge < -0.3 is 25.0 Å². The molecule has 0 bridgehead atoms. The van der Waals surface area contributed by atoms with E-state index in [0.29, 0.717) is 17.9 Å². The molecule has 8 heteroatoms. The molecule has 1 aromatic heterocycles. The predicted octanol–water partition coefficient (Wildman–Crippen LogP) is 1.73. The number of carboxylic acids is 1. The van der Waals surface area contributed by atoms with Crippen LogP contribution in [0.15, 0.2) is 42.7 Å². The van der Waals surface area contributed by atoms with Crippen LogP contribution in [0.3, 0.4) is 0 Å². The van der Waals surface area contributed by atoms with Crippen LogP contribution in [0.4, 0.5) is 5.69 Å². The summed E-state index contributed by atoms with van der Waals surface area (Å²) in [5.74, 6) is -0.514. The van der Waals surface area contributed by atoms with Gasteiger partial charge in [0.2, 0.25) is 5.91 Å². The number of anilines is 1. The van der Waals surface area contributed by atoms with Crippen molar-refractivity contribution >= 4 is 17.6 Å². The van der Waals surface area contributed by atoms with Gasteiger partial charge in [0.05, 0.1) is 25.6 Å². The van der Waals surface area contributed by atoms with E-state index in [1.807, 2.05) is 6.07 Å². The molecule has 4 rings (SSSR count). The Morgan fingerprint density at radius 2 is 2.00 bits per heavy atom. The third-order valence-corrected chi connectivity index (χ3v) is 5.30. The molecule has 1 aromatic carbocycles. The van der Waals surface area contributed by atoms with Crippen molar-refractivity contribution < 1.29 is 29.3 Å². The number of amides is 1. The molecule has 0 unspecified atom stereocenters. The van der Waals surface area contributed by atoms with Crippen LogP contribution in [0.5, 0.6) is 5.75 Å². The van der Waals surface area contributed by atoms with Crippen molar-refractivity contribution in [3.63, 3.8) is 0 Å². The number of pyridine rings is 1. The van der Waals surface area contributed by atoms with E-state index in [4.69, 9.17) is 14.6 Å². The van der Waals surface area contributed by atoms with E-state index >= 15 is 0 Å². The molecule has 8 nitrogen and oxygen atoms in total. The number of hydrogen-bond acceptors (Lipinski definition) is 6. The van der Waals surface area contributed by atoms with Crippen LogP contribution in [0.1, 0.15) is 29.9 Å². The summed E-state index contributed by atoms with van der Waals surface area (Å²) in [5.41, 5.74) is 2.41. The Balaban J connectivity index is 1.50. The van der Waals surface area contributed by atoms with Crippen molar-refractivity contribution in [1.82, 2.24) is 4.98 Å². The topological polar surface area (TPSA) is 118 Å². The molecule has 1 fully saturated rings. The highest BCUT2D eigenvalue weighted by Crippen LogP contribution is 2.47. The molecular formula is C21H22N2O6. The standard InChI is InChI=1S/C21H22N2O6/c24-11-18-21-16(9-14(28-18)10-20(26)27)15-8-13(1-2-17(15)29-21)23-19(25)7-12-3-5-22-6-4-12/h1-6,8,14,16,18,21,24H,7,9-11H2,(H,23,25)(H,26,27)/t14-,16-,18-,21+/m0/s1. The lowest BCUT2D eigenvalue weighted by molar-refractivity contribution is -0.153. The van der Waals surface area contributed by atoms with Crippen molar-refractivity contribution in [3.05, 3.63) is 53.9 Å². The van der Waals surface area contributed by atoms with Crippen LogP contribution in [0, 0.1) is 0 Å². The Bertz CT molecular complexity index is 903. The molecule has 0 saturated carbocycles. The first-order chi connectivity index (χ1) is 14.0. The molecule has 4 atom stereocenters. The molecule has 2 aliphatic heterocycles. The van der Waals surface area contributed by atoms with Gasteiger partial charge in [-0.15, -0.1) is 0 Å². The second-order valence-corrected chi connectivity index (χ2v) is 7.33. The number of aliphatic hydroxyl groups excluding tert-OH is 1. The summed E-state index contributed by atoms with van der Waals surface area (Å²) < 4.78 is 11.7. The number of hydrogen-bond donors (Lipinski definition) is 3. The second kappa shape index (κ2) is 8.18. The van der Waals surface area contributed by atoms with E-state index < -0.39 is 18.2 Å². The number of nitrogens with zero attached hydrogens (tertiary/aromatic N) is 1. The first-order valence-electron chi connectivity index (χ1n) is 9.51. The van der Waals surface area contributed by atoms with Crippen molar-refractivity contribution in [2.24, 2.45) is 0 Å². The first-order valence-corrected chi connectivity index (χ1v) is 9.51. The summed E-state index contributed by atoms with van der Waals surface area (Å²) in [7, 11) is 0. The normalized spacial score (nSPS) is 24.9. The third kappa shape index (κ3) is 4.23. The number of aliphatic hydroxyl groups is 1. The summed E-state index contributed by atoms with van der Waals surface area (Å²) in [6.07, 6.45) is 2.43. The highest BCUT2D eigenvalue weighted by atomic mass is 16.6. The van der Waals surface area contributed by atoms with Crippen LogP contribution in [0.25, 0.3) is 0 Å². The van der Waals surface area contributed by atoms with Gasteiger partial charge in [-0.05, 0) is 42.3 Å². The molecular weight excluding hydrogens is 376 g/mol. The smallest absolute Gasteiger partial charge is 0.305 e. The van der Waals surface area contributed by atoms with Crippen LogP contribution >= 0.6 is 0 Å². The Morgan fingerprint density at radius 3 is 2.72 bits per heavy atom. The van der Waals surface area contributed by atoms with E-state index in [2.05, 4.69) is 10.3 Å². The van der Waals surface area contributed by atoms with Gasteiger partial charge in [-0.1, -0.05) is 0 Å². The first kappa shape index (κ1) is 19.4. The van der Waals surface area contributed by atoms with E-state index in [9.17, 15) is 14.7 Å². The second-order valence-electron chi connectivity index (χ2n) is 7.33. The highest BCUT2D eigenvalue weighted by molar-refractivity contribution is 5.92. The number of nitrogens with one attached hydrogen (secondary N) is 1. The number of benzene rings is 1. The maximum atomic E-state index is 12.4. The number of carboxylic acid groups (broad SMARTS) is 1. The minimum absolute atomic E-state index is 0.0997. The lowest BCUT2D eigenvalue weighted by Crippen LogP contribution is -2.46. The summed E-state index contributed by atoms with van der Waals surface area (Å²) >= 11 is 0. The molecule has 0 radical (unpaired) electrons. The van der Waals surface area contributed by atoms with Crippen molar-refractivity contribution in [2.45, 2.75) is 43.5 Å². The van der Waals surface area contributed by atoms with Gasteiger partial charge >= 0.3 is 5.97 Å². The van der Waals surface area contributed by atoms with Crippen LogP contribution in [-0.4, -0.2) is 52.0 Å². The maximum absolute atomic E-state index is 12.4. The van der Waals surface area contributed by atoms with Crippen molar-refractivity contribution in [2.75, 3.05) is 11.9 Å². The van der Waals surface area contributed by atoms with E-state index in [1.165, 1.54) is 0 Å². The average molecular weight is 398 g/mol. The Morgan fingerprint density at radius 1 is 1.21 bits per heavy atom. The molecule has 2 aromatic rings. The molecule has 3 heterocycles. The minimum atomic E-state index is -0.943. The molecule has 29 heavy (non-hydrogen) atoms. The third-order valence-electron chi connectivity index (χ3n) is 5.30. The van der Waals surface area contributed by atoms with Gasteiger partial charge in [0.1, 0.15) is 18.0 Å². The van der Waals surface area contributed by atoms with E-state index in [1.54, 1.807) is 36.7 Å². The predicted molar refractivity (Wildman–Crippen MR) is 103 cm³/mol. The zero-order valence-electron chi connectivity index (χ0n) is 15.7. The Labute approximate surface area is 167 Å². The lowest BCUT2D eigenvalue weighted by atomic mass is 9.84. The molecule has 0 spiro atoms. The van der Waals surface area contributed by atoms with Gasteiger partial charge in [-0.25, -0.2) is 0 Å². The van der Waals surface area contributed by atoms with Crippen LogP contribution in [-0.2, 0) is 20.7 Å². The molecule has 2 aliphatic rings. The molecule has 1 amide bonds. The van der Waals surface area contributed by atoms with Gasteiger partial charge in [0.25, 0.3) is 0 Å². The number of carbonyl (C=O) groups is 2. The molecule has 0 aliphatic carbocycles. The Hall–Kier alpha value is -2.97. The van der Waals surface area contributed by atoms with Crippen molar-refractivity contribution in [1.29, 1.82) is 0 Å². The quantitative estimate of drug-likeness (QED) is 0.678. The van der Waals surface area contributed by atoms with Crippen molar-refractivity contribution in [3.8, 4) is 5.75 Å². The summed E-state index contributed by atoms with van der Waals surface area (Å²) in [6.45, 7) is -0.249.